The first kappa shape index (κ1) is 19.5. The molecule has 0 saturated heterocycles. The van der Waals surface area contributed by atoms with E-state index in [-0.39, 0.29) is 11.7 Å². The van der Waals surface area contributed by atoms with E-state index in [0.717, 1.165) is 29.6 Å². The van der Waals surface area contributed by atoms with Crippen molar-refractivity contribution in [2.24, 2.45) is 8.80 Å². The number of hydrogen-bond acceptors (Lipinski definition) is 7. The number of furan rings is 1. The Balaban J connectivity index is 1.73. The van der Waals surface area contributed by atoms with Crippen LogP contribution in [-0.2, 0) is 22.5 Å². The smallest absolute Gasteiger partial charge is 0.367 e. The Morgan fingerprint density at radius 1 is 1.24 bits per heavy atom. The van der Waals surface area contributed by atoms with Crippen molar-refractivity contribution in [2.45, 2.75) is 12.3 Å². The lowest BCUT2D eigenvalue weighted by Gasteiger charge is -2.08. The molecule has 1 aliphatic rings. The van der Waals surface area contributed by atoms with E-state index in [9.17, 15) is 8.42 Å². The molecule has 2 heterocycles. The van der Waals surface area contributed by atoms with E-state index in [1.54, 1.807) is 17.8 Å². The molecule has 25 heavy (non-hydrogen) atoms. The Morgan fingerprint density at radius 3 is 2.60 bits per heavy atom. The van der Waals surface area contributed by atoms with Gasteiger partial charge in [0.25, 0.3) is 0 Å². The van der Waals surface area contributed by atoms with Gasteiger partial charge in [0.05, 0.1) is 12.3 Å². The minimum Gasteiger partial charge on any atom is -0.464 e. The summed E-state index contributed by atoms with van der Waals surface area (Å²) in [6, 6.07) is 3.97. The quantitative estimate of drug-likeness (QED) is 0.483. The van der Waals surface area contributed by atoms with E-state index in [4.69, 9.17) is 4.42 Å². The first-order valence-electron chi connectivity index (χ1n) is 7.73. The van der Waals surface area contributed by atoms with Crippen LogP contribution in [0, 0.1) is 0 Å². The third kappa shape index (κ3) is 6.56. The van der Waals surface area contributed by atoms with E-state index < -0.39 is 10.2 Å². The maximum absolute atomic E-state index is 11.5. The average Bonchev–Trinajstić information content (AvgIpc) is 3.08. The fourth-order valence-electron chi connectivity index (χ4n) is 2.05. The number of hydrogen-bond donors (Lipinski definition) is 2. The van der Waals surface area contributed by atoms with Crippen LogP contribution in [0.1, 0.15) is 11.5 Å². The Labute approximate surface area is 152 Å². The van der Waals surface area contributed by atoms with Gasteiger partial charge in [-0.25, -0.2) is 0 Å². The Kier molecular flexibility index (Phi) is 7.09. The lowest BCUT2D eigenvalue weighted by molar-refractivity contribution is 0.344. The summed E-state index contributed by atoms with van der Waals surface area (Å²) in [5, 5.41) is 5.85. The van der Waals surface area contributed by atoms with Gasteiger partial charge in [-0.3, -0.25) is 0 Å². The molecule has 0 fully saturated rings. The molecular weight excluding hydrogens is 362 g/mol. The van der Waals surface area contributed by atoms with Crippen molar-refractivity contribution in [3.63, 3.8) is 0 Å². The van der Waals surface area contributed by atoms with Crippen LogP contribution >= 0.6 is 11.8 Å². The first-order chi connectivity index (χ1) is 11.9. The topological polar surface area (TPSA) is 99.3 Å². The van der Waals surface area contributed by atoms with E-state index in [0.29, 0.717) is 13.1 Å². The second-order valence-electron chi connectivity index (χ2n) is 5.58. The third-order valence-electron chi connectivity index (χ3n) is 3.02. The molecule has 0 spiro atoms. The van der Waals surface area contributed by atoms with Crippen LogP contribution in [0.4, 0.5) is 0 Å². The number of nitrogens with one attached hydrogen (secondary N) is 2. The zero-order chi connectivity index (χ0) is 18.3. The van der Waals surface area contributed by atoms with Crippen molar-refractivity contribution in [1.82, 2.24) is 15.5 Å². The lowest BCUT2D eigenvalue weighted by atomic mass is 10.4. The monoisotopic (exact) mass is 385 g/mol. The third-order valence-corrected chi connectivity index (χ3v) is 4.83. The second-order valence-corrected chi connectivity index (χ2v) is 7.95. The van der Waals surface area contributed by atoms with Crippen LogP contribution in [0.3, 0.4) is 0 Å². The fourth-order valence-corrected chi connectivity index (χ4v) is 3.60. The summed E-state index contributed by atoms with van der Waals surface area (Å²) in [6.07, 6.45) is 1.62. The standard InChI is InChI=1S/C15H23N5O3S2/c1-4-7-16-14-15(19-25(21,22)18-14)17-8-9-24-11-13-6-5-12(23-13)10-20(2)3/h4-6H,1,7-11H2,2-3H3,(H,16,18)(H,17,19). The maximum Gasteiger partial charge on any atom is 0.367 e. The highest BCUT2D eigenvalue weighted by atomic mass is 32.2. The van der Waals surface area contributed by atoms with E-state index >= 15 is 0 Å². The van der Waals surface area contributed by atoms with Gasteiger partial charge in [0, 0.05) is 18.8 Å². The molecule has 10 heteroatoms. The fraction of sp³-hybridized carbons (Fsp3) is 0.467. The largest absolute Gasteiger partial charge is 0.464 e. The van der Waals surface area contributed by atoms with Crippen LogP contribution in [0.15, 0.2) is 38.0 Å². The number of nitrogens with zero attached hydrogens (tertiary/aromatic N) is 3. The van der Waals surface area contributed by atoms with Gasteiger partial charge in [-0.2, -0.15) is 20.2 Å². The zero-order valence-electron chi connectivity index (χ0n) is 14.4. The SMILES string of the molecule is C=CCNC1=NS(=O)(=O)N=C1NCCSCc1ccc(CN(C)C)o1. The van der Waals surface area contributed by atoms with Gasteiger partial charge in [-0.1, -0.05) is 6.08 Å². The van der Waals surface area contributed by atoms with Gasteiger partial charge in [0.1, 0.15) is 11.5 Å². The van der Waals surface area contributed by atoms with E-state index in [1.807, 2.05) is 26.2 Å². The summed E-state index contributed by atoms with van der Waals surface area (Å²) in [7, 11) is 0.215. The number of rotatable bonds is 9. The molecule has 2 rings (SSSR count). The zero-order valence-corrected chi connectivity index (χ0v) is 16.0. The van der Waals surface area contributed by atoms with Crippen molar-refractivity contribution < 1.29 is 12.8 Å². The van der Waals surface area contributed by atoms with Crippen molar-refractivity contribution in [2.75, 3.05) is 32.9 Å². The Bertz CT molecular complexity index is 753. The maximum atomic E-state index is 11.5. The molecule has 0 saturated carbocycles. The van der Waals surface area contributed by atoms with Gasteiger partial charge >= 0.3 is 10.2 Å². The lowest BCUT2D eigenvalue weighted by Crippen LogP contribution is -2.39. The molecule has 0 atom stereocenters. The predicted octanol–water partition coefficient (Wildman–Crippen LogP) is 0.995. The normalized spacial score (nSPS) is 15.8. The Hall–Kier alpha value is -1.78. The van der Waals surface area contributed by atoms with Gasteiger partial charge in [-0.15, -0.1) is 15.4 Å². The van der Waals surface area contributed by atoms with E-state index in [2.05, 4.69) is 30.9 Å². The van der Waals surface area contributed by atoms with E-state index in [1.165, 1.54) is 0 Å². The van der Waals surface area contributed by atoms with Crippen LogP contribution in [0.5, 0.6) is 0 Å². The van der Waals surface area contributed by atoms with Crippen LogP contribution in [0.25, 0.3) is 0 Å². The Morgan fingerprint density at radius 2 is 1.92 bits per heavy atom. The van der Waals surface area contributed by atoms with Gasteiger partial charge in [-0.05, 0) is 26.2 Å². The molecule has 138 valence electrons. The van der Waals surface area contributed by atoms with Crippen LogP contribution in [-0.4, -0.2) is 57.9 Å². The summed E-state index contributed by atoms with van der Waals surface area (Å²) in [5.74, 6) is 3.88. The first-order valence-corrected chi connectivity index (χ1v) is 10.3. The number of thioether (sulfide) groups is 1. The minimum absolute atomic E-state index is 0.226. The molecule has 8 nitrogen and oxygen atoms in total. The summed E-state index contributed by atoms with van der Waals surface area (Å²) < 4.78 is 35.8. The summed E-state index contributed by atoms with van der Waals surface area (Å²) in [5.41, 5.74) is 0. The molecule has 0 unspecified atom stereocenters. The van der Waals surface area contributed by atoms with Crippen molar-refractivity contribution in [3.8, 4) is 0 Å². The van der Waals surface area contributed by atoms with Crippen LogP contribution < -0.4 is 10.6 Å². The van der Waals surface area contributed by atoms with Crippen LogP contribution in [0.2, 0.25) is 0 Å². The molecule has 0 aromatic carbocycles. The summed E-state index contributed by atoms with van der Waals surface area (Å²) in [4.78, 5) is 2.05. The molecule has 0 radical (unpaired) electrons. The molecule has 1 aromatic rings. The van der Waals surface area contributed by atoms with Gasteiger partial charge < -0.3 is 20.0 Å². The predicted molar refractivity (Wildman–Crippen MR) is 102 cm³/mol. The summed E-state index contributed by atoms with van der Waals surface area (Å²) in [6.45, 7) is 5.33. The van der Waals surface area contributed by atoms with Crippen molar-refractivity contribution >= 4 is 33.6 Å². The van der Waals surface area contributed by atoms with Crippen molar-refractivity contribution in [3.05, 3.63) is 36.3 Å². The highest BCUT2D eigenvalue weighted by Gasteiger charge is 2.23. The highest BCUT2D eigenvalue weighted by Crippen LogP contribution is 2.16. The average molecular weight is 386 g/mol. The minimum atomic E-state index is -3.78. The second kappa shape index (κ2) is 9.07. The van der Waals surface area contributed by atoms with Crippen molar-refractivity contribution in [1.29, 1.82) is 0 Å². The molecule has 0 amide bonds. The van der Waals surface area contributed by atoms with Gasteiger partial charge in [0.2, 0.25) is 0 Å². The molecular formula is C15H23N5O3S2. The molecule has 2 N–H and O–H groups in total. The van der Waals surface area contributed by atoms with Gasteiger partial charge in [0.15, 0.2) is 11.7 Å². The molecule has 1 aromatic heterocycles. The molecule has 0 bridgehead atoms. The summed E-state index contributed by atoms with van der Waals surface area (Å²) >= 11 is 1.69. The number of amidine groups is 2. The molecule has 1 aliphatic heterocycles. The molecule has 0 aliphatic carbocycles. The highest BCUT2D eigenvalue weighted by molar-refractivity contribution is 7.98.